The van der Waals surface area contributed by atoms with Crippen molar-refractivity contribution in [1.29, 1.82) is 0 Å². The Morgan fingerprint density at radius 1 is 1.19 bits per heavy atom. The first-order valence-electron chi connectivity index (χ1n) is 9.90. The van der Waals surface area contributed by atoms with Crippen molar-refractivity contribution >= 4 is 23.5 Å². The zero-order valence-electron chi connectivity index (χ0n) is 16.8. The minimum atomic E-state index is -1.87. The van der Waals surface area contributed by atoms with E-state index in [0.717, 1.165) is 5.56 Å². The standard InChI is InChI=1S/C22H24ClNO7/c1-2-17(13-6-8-14(23)9-7-13)31-22(21(28)29)11-16(25)19(26)18(12-22)30-20(27)15-5-3-4-10-24-15/h3-10,16-19,25-26H,2,11-12H2,1H3,(H,28,29)/t16-,17?,18+,19+,22-/m0/s1. The molecule has 0 radical (unpaired) electrons. The number of rotatable bonds is 7. The van der Waals surface area contributed by atoms with Crippen molar-refractivity contribution in [3.05, 3.63) is 64.9 Å². The summed E-state index contributed by atoms with van der Waals surface area (Å²) in [5, 5.41) is 31.3. The van der Waals surface area contributed by atoms with Crippen LogP contribution in [0.5, 0.6) is 0 Å². The van der Waals surface area contributed by atoms with Gasteiger partial charge in [-0.05, 0) is 36.2 Å². The lowest BCUT2D eigenvalue weighted by molar-refractivity contribution is -0.212. The maximum Gasteiger partial charge on any atom is 0.357 e. The molecule has 1 aromatic heterocycles. The first-order chi connectivity index (χ1) is 14.8. The smallest absolute Gasteiger partial charge is 0.357 e. The first kappa shape index (κ1) is 23.1. The maximum atomic E-state index is 12.4. The van der Waals surface area contributed by atoms with Gasteiger partial charge in [0, 0.05) is 24.1 Å². The minimum Gasteiger partial charge on any atom is -0.479 e. The van der Waals surface area contributed by atoms with Crippen molar-refractivity contribution in [2.45, 2.75) is 56.2 Å². The SMILES string of the molecule is CCC(O[C@@]1(C(=O)O)C[C@H](O)[C@@H](O)[C@H](OC(=O)c2ccccn2)C1)c1ccc(Cl)cc1. The number of ether oxygens (including phenoxy) is 2. The molecule has 1 aliphatic rings. The number of hydrogen-bond acceptors (Lipinski definition) is 7. The Bertz CT molecular complexity index is 908. The summed E-state index contributed by atoms with van der Waals surface area (Å²) >= 11 is 5.93. The number of pyridine rings is 1. The fourth-order valence-corrected chi connectivity index (χ4v) is 3.81. The van der Waals surface area contributed by atoms with E-state index < -0.39 is 42.0 Å². The van der Waals surface area contributed by atoms with Gasteiger partial charge in [0.25, 0.3) is 0 Å². The van der Waals surface area contributed by atoms with Gasteiger partial charge in [0.2, 0.25) is 0 Å². The summed E-state index contributed by atoms with van der Waals surface area (Å²) in [5.74, 6) is -2.15. The number of carbonyl (C=O) groups excluding carboxylic acids is 1. The van der Waals surface area contributed by atoms with Crippen molar-refractivity contribution < 1.29 is 34.4 Å². The Morgan fingerprint density at radius 3 is 2.48 bits per heavy atom. The van der Waals surface area contributed by atoms with Crippen LogP contribution < -0.4 is 0 Å². The van der Waals surface area contributed by atoms with Crippen LogP contribution in [0.15, 0.2) is 48.7 Å². The number of aliphatic carboxylic acids is 1. The van der Waals surface area contributed by atoms with Crippen LogP contribution in [0.25, 0.3) is 0 Å². The third-order valence-electron chi connectivity index (χ3n) is 5.35. The van der Waals surface area contributed by atoms with Gasteiger partial charge in [-0.1, -0.05) is 36.7 Å². The number of carbonyl (C=O) groups is 2. The molecule has 1 aliphatic carbocycles. The highest BCUT2D eigenvalue weighted by atomic mass is 35.5. The van der Waals surface area contributed by atoms with E-state index in [1.807, 2.05) is 6.92 Å². The van der Waals surface area contributed by atoms with Crippen molar-refractivity contribution in [3.8, 4) is 0 Å². The molecular formula is C22H24ClNO7. The van der Waals surface area contributed by atoms with Crippen LogP contribution in [-0.2, 0) is 14.3 Å². The third-order valence-corrected chi connectivity index (χ3v) is 5.60. The minimum absolute atomic E-state index is 0.00389. The van der Waals surface area contributed by atoms with Crippen LogP contribution in [0.1, 0.15) is 48.3 Å². The van der Waals surface area contributed by atoms with Crippen molar-refractivity contribution in [3.63, 3.8) is 0 Å². The Morgan fingerprint density at radius 2 is 1.90 bits per heavy atom. The summed E-state index contributed by atoms with van der Waals surface area (Å²) in [7, 11) is 0. The summed E-state index contributed by atoms with van der Waals surface area (Å²) in [4.78, 5) is 28.6. The lowest BCUT2D eigenvalue weighted by atomic mass is 9.79. The number of aliphatic hydroxyl groups is 2. The molecule has 1 aromatic carbocycles. The monoisotopic (exact) mass is 449 g/mol. The molecule has 8 nitrogen and oxygen atoms in total. The van der Waals surface area contributed by atoms with Gasteiger partial charge in [-0.2, -0.15) is 0 Å². The molecule has 3 N–H and O–H groups in total. The zero-order valence-corrected chi connectivity index (χ0v) is 17.6. The summed E-state index contributed by atoms with van der Waals surface area (Å²) in [6.45, 7) is 1.83. The number of esters is 1. The fourth-order valence-electron chi connectivity index (χ4n) is 3.69. The number of hydrogen-bond donors (Lipinski definition) is 3. The van der Waals surface area contributed by atoms with E-state index in [1.54, 1.807) is 36.4 Å². The van der Waals surface area contributed by atoms with Crippen molar-refractivity contribution in [2.24, 2.45) is 0 Å². The number of aliphatic hydroxyl groups excluding tert-OH is 2. The molecule has 1 fully saturated rings. The largest absolute Gasteiger partial charge is 0.479 e. The normalized spacial score (nSPS) is 26.8. The van der Waals surface area contributed by atoms with Crippen LogP contribution in [0, 0.1) is 0 Å². The highest BCUT2D eigenvalue weighted by Gasteiger charge is 2.53. The molecule has 0 amide bonds. The quantitative estimate of drug-likeness (QED) is 0.551. The van der Waals surface area contributed by atoms with Crippen LogP contribution >= 0.6 is 11.6 Å². The molecule has 1 unspecified atom stereocenters. The van der Waals surface area contributed by atoms with E-state index in [1.165, 1.54) is 12.3 Å². The molecule has 0 bridgehead atoms. The molecule has 2 aromatic rings. The van der Waals surface area contributed by atoms with Gasteiger partial charge in [-0.15, -0.1) is 0 Å². The van der Waals surface area contributed by atoms with E-state index in [2.05, 4.69) is 4.98 Å². The zero-order chi connectivity index (χ0) is 22.6. The van der Waals surface area contributed by atoms with Crippen LogP contribution in [0.2, 0.25) is 5.02 Å². The fraction of sp³-hybridized carbons (Fsp3) is 0.409. The Hall–Kier alpha value is -2.52. The average Bonchev–Trinajstić information content (AvgIpc) is 2.76. The topological polar surface area (TPSA) is 126 Å². The van der Waals surface area contributed by atoms with E-state index in [0.29, 0.717) is 11.4 Å². The van der Waals surface area contributed by atoms with Gasteiger partial charge < -0.3 is 24.8 Å². The van der Waals surface area contributed by atoms with Gasteiger partial charge in [0.05, 0.1) is 12.2 Å². The van der Waals surface area contributed by atoms with E-state index in [4.69, 9.17) is 21.1 Å². The number of halogens is 1. The second-order valence-corrected chi connectivity index (χ2v) is 7.93. The Labute approximate surface area is 184 Å². The number of carboxylic acids is 1. The first-order valence-corrected chi connectivity index (χ1v) is 10.3. The number of carboxylic acid groups (broad SMARTS) is 1. The molecule has 9 heteroatoms. The van der Waals surface area contributed by atoms with Gasteiger partial charge in [-0.25, -0.2) is 14.6 Å². The summed E-state index contributed by atoms with van der Waals surface area (Å²) < 4.78 is 11.4. The van der Waals surface area contributed by atoms with Crippen molar-refractivity contribution in [1.82, 2.24) is 4.98 Å². The number of aromatic nitrogens is 1. The van der Waals surface area contributed by atoms with Crippen molar-refractivity contribution in [2.75, 3.05) is 0 Å². The second-order valence-electron chi connectivity index (χ2n) is 7.49. The molecule has 31 heavy (non-hydrogen) atoms. The molecule has 3 rings (SSSR count). The predicted octanol–water partition coefficient (Wildman–Crippen LogP) is 2.77. The van der Waals surface area contributed by atoms with Gasteiger partial charge in [0.1, 0.15) is 17.9 Å². The molecular weight excluding hydrogens is 426 g/mol. The van der Waals surface area contributed by atoms with E-state index in [9.17, 15) is 24.9 Å². The van der Waals surface area contributed by atoms with Crippen LogP contribution in [0.3, 0.4) is 0 Å². The second kappa shape index (κ2) is 9.74. The van der Waals surface area contributed by atoms with Crippen LogP contribution in [-0.4, -0.2) is 56.2 Å². The van der Waals surface area contributed by atoms with Gasteiger partial charge in [-0.3, -0.25) is 0 Å². The number of benzene rings is 1. The van der Waals surface area contributed by atoms with Crippen LogP contribution in [0.4, 0.5) is 0 Å². The predicted molar refractivity (Wildman–Crippen MR) is 111 cm³/mol. The molecule has 0 aliphatic heterocycles. The molecule has 166 valence electrons. The highest BCUT2D eigenvalue weighted by molar-refractivity contribution is 6.30. The van der Waals surface area contributed by atoms with E-state index >= 15 is 0 Å². The molecule has 0 saturated heterocycles. The summed E-state index contributed by atoms with van der Waals surface area (Å²) in [6, 6.07) is 11.5. The Balaban J connectivity index is 1.85. The van der Waals surface area contributed by atoms with E-state index in [-0.39, 0.29) is 18.5 Å². The number of nitrogens with zero attached hydrogens (tertiary/aromatic N) is 1. The highest BCUT2D eigenvalue weighted by Crippen LogP contribution is 2.39. The lowest BCUT2D eigenvalue weighted by Gasteiger charge is -2.43. The summed E-state index contributed by atoms with van der Waals surface area (Å²) in [6.07, 6.45) is -3.65. The maximum absolute atomic E-state index is 12.4. The third kappa shape index (κ3) is 5.22. The molecule has 1 saturated carbocycles. The van der Waals surface area contributed by atoms with Gasteiger partial charge >= 0.3 is 11.9 Å². The average molecular weight is 450 g/mol. The molecule has 0 spiro atoms. The lowest BCUT2D eigenvalue weighted by Crippen LogP contribution is -2.58. The Kier molecular flexibility index (Phi) is 7.27. The molecule has 1 heterocycles. The van der Waals surface area contributed by atoms with Gasteiger partial charge in [0.15, 0.2) is 5.60 Å². The summed E-state index contributed by atoms with van der Waals surface area (Å²) in [5.41, 5.74) is -1.15. The molecule has 5 atom stereocenters.